The summed E-state index contributed by atoms with van der Waals surface area (Å²) in [6.45, 7) is 5.33. The van der Waals surface area contributed by atoms with E-state index in [1.165, 1.54) is 11.1 Å². The summed E-state index contributed by atoms with van der Waals surface area (Å²) in [5, 5.41) is 9.91. The summed E-state index contributed by atoms with van der Waals surface area (Å²) < 4.78 is 11.4. The predicted molar refractivity (Wildman–Crippen MR) is 60.2 cm³/mol. The van der Waals surface area contributed by atoms with Crippen molar-refractivity contribution in [2.75, 3.05) is 13.2 Å². The van der Waals surface area contributed by atoms with Gasteiger partial charge in [-0.2, -0.15) is 0 Å². The second-order valence-corrected chi connectivity index (χ2v) is 4.53. The molecule has 1 atom stereocenters. The number of benzene rings is 1. The number of hydrogen-bond acceptors (Lipinski definition) is 3. The molecule has 3 nitrogen and oxygen atoms in total. The first-order valence-corrected chi connectivity index (χ1v) is 5.82. The van der Waals surface area contributed by atoms with Crippen molar-refractivity contribution in [1.82, 2.24) is 0 Å². The van der Waals surface area contributed by atoms with Gasteiger partial charge in [-0.25, -0.2) is 0 Å². The van der Waals surface area contributed by atoms with Crippen LogP contribution in [0.2, 0.25) is 0 Å². The molecule has 1 unspecified atom stereocenters. The fourth-order valence-corrected chi connectivity index (χ4v) is 2.82. The number of hydrogen-bond donors (Lipinski definition) is 1. The molecule has 0 bridgehead atoms. The largest absolute Gasteiger partial charge is 0.493 e. The van der Waals surface area contributed by atoms with Crippen molar-refractivity contribution >= 4 is 0 Å². The van der Waals surface area contributed by atoms with Gasteiger partial charge in [0.1, 0.15) is 11.5 Å². The maximum atomic E-state index is 9.91. The summed E-state index contributed by atoms with van der Waals surface area (Å²) in [5.41, 5.74) is 4.51. The molecule has 0 amide bonds. The molecule has 2 heterocycles. The number of aliphatic hydroxyl groups is 1. The van der Waals surface area contributed by atoms with Crippen LogP contribution in [0.1, 0.15) is 35.3 Å². The molecule has 2 aliphatic heterocycles. The average molecular weight is 220 g/mol. The first kappa shape index (κ1) is 9.97. The third-order valence-corrected chi connectivity index (χ3v) is 3.53. The topological polar surface area (TPSA) is 38.7 Å². The van der Waals surface area contributed by atoms with E-state index in [0.717, 1.165) is 48.7 Å². The van der Waals surface area contributed by atoms with E-state index >= 15 is 0 Å². The highest BCUT2D eigenvalue weighted by molar-refractivity contribution is 5.62. The zero-order valence-electron chi connectivity index (χ0n) is 9.67. The quantitative estimate of drug-likeness (QED) is 0.785. The monoisotopic (exact) mass is 220 g/mol. The highest BCUT2D eigenvalue weighted by atomic mass is 16.5. The van der Waals surface area contributed by atoms with Crippen LogP contribution in [-0.2, 0) is 12.8 Å². The van der Waals surface area contributed by atoms with Gasteiger partial charge in [0.25, 0.3) is 0 Å². The average Bonchev–Trinajstić information content (AvgIpc) is 2.84. The van der Waals surface area contributed by atoms with Crippen molar-refractivity contribution < 1.29 is 14.6 Å². The molecular formula is C13H16O3. The van der Waals surface area contributed by atoms with E-state index in [9.17, 15) is 5.11 Å². The number of rotatable bonds is 1. The normalized spacial score (nSPS) is 18.7. The van der Waals surface area contributed by atoms with Gasteiger partial charge in [-0.05, 0) is 19.4 Å². The zero-order valence-corrected chi connectivity index (χ0v) is 9.67. The molecule has 0 spiro atoms. The predicted octanol–water partition coefficient (Wildman–Crippen LogP) is 1.92. The van der Waals surface area contributed by atoms with E-state index in [-0.39, 0.29) is 0 Å². The minimum atomic E-state index is -0.483. The third kappa shape index (κ3) is 1.18. The second-order valence-electron chi connectivity index (χ2n) is 4.53. The number of fused-ring (bicyclic) bond motifs is 2. The SMILES string of the molecule is Cc1c2c(c(C(C)O)c3c1OCC3)OCC2. The Morgan fingerprint density at radius 1 is 1.06 bits per heavy atom. The zero-order chi connectivity index (χ0) is 11.3. The van der Waals surface area contributed by atoms with E-state index in [1.54, 1.807) is 6.92 Å². The second kappa shape index (κ2) is 3.39. The van der Waals surface area contributed by atoms with Crippen molar-refractivity contribution in [3.05, 3.63) is 22.3 Å². The van der Waals surface area contributed by atoms with Crippen molar-refractivity contribution in [1.29, 1.82) is 0 Å². The van der Waals surface area contributed by atoms with Crippen LogP contribution in [0.5, 0.6) is 11.5 Å². The summed E-state index contributed by atoms with van der Waals surface area (Å²) in [6, 6.07) is 0. The van der Waals surface area contributed by atoms with Gasteiger partial charge in [-0.1, -0.05) is 0 Å². The van der Waals surface area contributed by atoms with Crippen LogP contribution in [-0.4, -0.2) is 18.3 Å². The fourth-order valence-electron chi connectivity index (χ4n) is 2.82. The van der Waals surface area contributed by atoms with E-state index in [0.29, 0.717) is 0 Å². The van der Waals surface area contributed by atoms with Crippen LogP contribution in [0.3, 0.4) is 0 Å². The Kier molecular flexibility index (Phi) is 2.11. The molecule has 86 valence electrons. The van der Waals surface area contributed by atoms with Gasteiger partial charge in [0.2, 0.25) is 0 Å². The Balaban J connectivity index is 2.31. The molecule has 2 aliphatic rings. The van der Waals surface area contributed by atoms with E-state index in [4.69, 9.17) is 9.47 Å². The van der Waals surface area contributed by atoms with E-state index < -0.39 is 6.10 Å². The molecule has 1 aromatic rings. The van der Waals surface area contributed by atoms with Crippen LogP contribution in [0.4, 0.5) is 0 Å². The standard InChI is InChI=1S/C13H16O3/c1-7-9-3-5-16-13(9)11(8(2)14)10-4-6-15-12(7)10/h8,14H,3-6H2,1-2H3. The Hall–Kier alpha value is -1.22. The van der Waals surface area contributed by atoms with Crippen LogP contribution < -0.4 is 9.47 Å². The van der Waals surface area contributed by atoms with Crippen LogP contribution in [0.15, 0.2) is 0 Å². The maximum absolute atomic E-state index is 9.91. The van der Waals surface area contributed by atoms with E-state index in [1.807, 2.05) is 0 Å². The molecule has 0 saturated heterocycles. The van der Waals surface area contributed by atoms with Crippen LogP contribution in [0, 0.1) is 6.92 Å². The van der Waals surface area contributed by atoms with Crippen LogP contribution >= 0.6 is 0 Å². The van der Waals surface area contributed by atoms with Gasteiger partial charge in [0.05, 0.1) is 19.3 Å². The summed E-state index contributed by atoms with van der Waals surface area (Å²) in [7, 11) is 0. The lowest BCUT2D eigenvalue weighted by molar-refractivity contribution is 0.192. The van der Waals surface area contributed by atoms with Gasteiger partial charge in [0.15, 0.2) is 0 Å². The maximum Gasteiger partial charge on any atom is 0.129 e. The Bertz CT molecular complexity index is 414. The number of aliphatic hydroxyl groups excluding tert-OH is 1. The van der Waals surface area contributed by atoms with Crippen molar-refractivity contribution in [3.8, 4) is 11.5 Å². The van der Waals surface area contributed by atoms with Crippen molar-refractivity contribution in [3.63, 3.8) is 0 Å². The van der Waals surface area contributed by atoms with Gasteiger partial charge < -0.3 is 14.6 Å². The minimum Gasteiger partial charge on any atom is -0.493 e. The number of ether oxygens (including phenoxy) is 2. The van der Waals surface area contributed by atoms with Gasteiger partial charge in [0, 0.05) is 29.5 Å². The van der Waals surface area contributed by atoms with Crippen LogP contribution in [0.25, 0.3) is 0 Å². The Labute approximate surface area is 95.0 Å². The fraction of sp³-hybridized carbons (Fsp3) is 0.538. The first-order chi connectivity index (χ1) is 7.70. The van der Waals surface area contributed by atoms with Crippen molar-refractivity contribution in [2.45, 2.75) is 32.8 Å². The molecule has 0 radical (unpaired) electrons. The molecule has 3 heteroatoms. The molecule has 1 N–H and O–H groups in total. The molecule has 0 fully saturated rings. The lowest BCUT2D eigenvalue weighted by atomic mass is 9.92. The molecular weight excluding hydrogens is 204 g/mol. The van der Waals surface area contributed by atoms with Crippen molar-refractivity contribution in [2.24, 2.45) is 0 Å². The third-order valence-electron chi connectivity index (χ3n) is 3.53. The lowest BCUT2D eigenvalue weighted by Crippen LogP contribution is -2.02. The summed E-state index contributed by atoms with van der Waals surface area (Å²) in [4.78, 5) is 0. The molecule has 1 aromatic carbocycles. The smallest absolute Gasteiger partial charge is 0.129 e. The van der Waals surface area contributed by atoms with Gasteiger partial charge >= 0.3 is 0 Å². The summed E-state index contributed by atoms with van der Waals surface area (Å²) in [5.74, 6) is 1.90. The highest BCUT2D eigenvalue weighted by Crippen LogP contribution is 2.46. The molecule has 3 rings (SSSR count). The Morgan fingerprint density at radius 2 is 1.69 bits per heavy atom. The minimum absolute atomic E-state index is 0.483. The van der Waals surface area contributed by atoms with E-state index in [2.05, 4.69) is 6.92 Å². The first-order valence-electron chi connectivity index (χ1n) is 5.82. The molecule has 0 aromatic heterocycles. The summed E-state index contributed by atoms with van der Waals surface area (Å²) in [6.07, 6.45) is 1.33. The molecule has 16 heavy (non-hydrogen) atoms. The highest BCUT2D eigenvalue weighted by Gasteiger charge is 2.31. The Morgan fingerprint density at radius 3 is 2.38 bits per heavy atom. The van der Waals surface area contributed by atoms with Gasteiger partial charge in [-0.3, -0.25) is 0 Å². The summed E-state index contributed by atoms with van der Waals surface area (Å²) >= 11 is 0. The van der Waals surface area contributed by atoms with Gasteiger partial charge in [-0.15, -0.1) is 0 Å². The molecule has 0 aliphatic carbocycles. The molecule has 0 saturated carbocycles. The lowest BCUT2D eigenvalue weighted by Gasteiger charge is -2.17.